The summed E-state index contributed by atoms with van der Waals surface area (Å²) in [6.07, 6.45) is 0.837. The summed E-state index contributed by atoms with van der Waals surface area (Å²) in [7, 11) is 0. The van der Waals surface area contributed by atoms with Crippen LogP contribution < -0.4 is 0 Å². The molecule has 0 unspecified atom stereocenters. The van der Waals surface area contributed by atoms with E-state index < -0.39 is 0 Å². The molecule has 0 aromatic rings. The maximum Gasteiger partial charge on any atom is 0.320 e. The van der Waals surface area contributed by atoms with E-state index in [1.165, 1.54) is 0 Å². The van der Waals surface area contributed by atoms with Crippen molar-refractivity contribution in [3.8, 4) is 6.07 Å². The molecule has 0 saturated carbocycles. The quantitative estimate of drug-likeness (QED) is 0.475. The number of rotatable bonds is 6. The first-order chi connectivity index (χ1) is 6.60. The average molecular weight is 198 g/mol. The number of hydrogen-bond donors (Lipinski definition) is 0. The van der Waals surface area contributed by atoms with Gasteiger partial charge in [-0.1, -0.05) is 6.92 Å². The summed E-state index contributed by atoms with van der Waals surface area (Å²) in [5.74, 6) is -0.260. The smallest absolute Gasteiger partial charge is 0.320 e. The van der Waals surface area contributed by atoms with E-state index in [1.807, 2.05) is 26.8 Å². The molecule has 0 amide bonds. The topological polar surface area (TPSA) is 53.3 Å². The minimum absolute atomic E-state index is 0.0898. The van der Waals surface area contributed by atoms with E-state index in [0.717, 1.165) is 13.0 Å². The van der Waals surface area contributed by atoms with Gasteiger partial charge < -0.3 is 4.74 Å². The van der Waals surface area contributed by atoms with Crippen LogP contribution in [-0.2, 0) is 9.53 Å². The first-order valence-electron chi connectivity index (χ1n) is 4.89. The van der Waals surface area contributed by atoms with Crippen molar-refractivity contribution >= 4 is 5.97 Å². The summed E-state index contributed by atoms with van der Waals surface area (Å²) in [6, 6.07) is 2.03. The van der Waals surface area contributed by atoms with E-state index >= 15 is 0 Å². The molecule has 0 aliphatic carbocycles. The van der Waals surface area contributed by atoms with Gasteiger partial charge in [0.15, 0.2) is 0 Å². The largest absolute Gasteiger partial charge is 0.462 e. The summed E-state index contributed by atoms with van der Waals surface area (Å²) in [4.78, 5) is 13.0. The van der Waals surface area contributed by atoms with Gasteiger partial charge in [0.05, 0.1) is 25.3 Å². The van der Waals surface area contributed by atoms with E-state index in [2.05, 4.69) is 0 Å². The van der Waals surface area contributed by atoms with Crippen molar-refractivity contribution in [2.24, 2.45) is 0 Å². The van der Waals surface area contributed by atoms with Crippen LogP contribution in [0.25, 0.3) is 0 Å². The van der Waals surface area contributed by atoms with Crippen molar-refractivity contribution in [3.63, 3.8) is 0 Å². The van der Waals surface area contributed by atoms with Crippen LogP contribution in [0.15, 0.2) is 0 Å². The Morgan fingerprint density at radius 2 is 2.21 bits per heavy atom. The summed E-state index contributed by atoms with van der Waals surface area (Å²) in [5.41, 5.74) is 0. The number of carbonyl (C=O) groups is 1. The maximum absolute atomic E-state index is 11.2. The normalized spacial score (nSPS) is 10.3. The predicted octanol–water partition coefficient (Wildman–Crippen LogP) is 1.17. The predicted molar refractivity (Wildman–Crippen MR) is 53.6 cm³/mol. The third-order valence-electron chi connectivity index (χ3n) is 1.55. The SMILES string of the molecule is CCCN(CC#N)CC(=O)OC(C)C. The second-order valence-corrected chi connectivity index (χ2v) is 3.41. The summed E-state index contributed by atoms with van der Waals surface area (Å²) in [5, 5.41) is 8.51. The molecule has 0 rings (SSSR count). The molecule has 0 spiro atoms. The number of ether oxygens (including phenoxy) is 1. The van der Waals surface area contributed by atoms with Crippen molar-refractivity contribution < 1.29 is 9.53 Å². The molecular weight excluding hydrogens is 180 g/mol. The third kappa shape index (κ3) is 6.44. The minimum Gasteiger partial charge on any atom is -0.462 e. The summed E-state index contributed by atoms with van der Waals surface area (Å²) in [6.45, 7) is 6.87. The van der Waals surface area contributed by atoms with Gasteiger partial charge >= 0.3 is 5.97 Å². The Bertz CT molecular complexity index is 209. The lowest BCUT2D eigenvalue weighted by Crippen LogP contribution is -2.33. The van der Waals surface area contributed by atoms with Gasteiger partial charge in [-0.25, -0.2) is 0 Å². The van der Waals surface area contributed by atoms with E-state index in [4.69, 9.17) is 10.00 Å². The Balaban J connectivity index is 3.90. The van der Waals surface area contributed by atoms with Crippen molar-refractivity contribution in [3.05, 3.63) is 0 Å². The van der Waals surface area contributed by atoms with Crippen LogP contribution >= 0.6 is 0 Å². The first kappa shape index (κ1) is 12.9. The maximum atomic E-state index is 11.2. The fourth-order valence-electron chi connectivity index (χ4n) is 1.11. The lowest BCUT2D eigenvalue weighted by Gasteiger charge is -2.17. The zero-order chi connectivity index (χ0) is 11.0. The Morgan fingerprint density at radius 1 is 1.57 bits per heavy atom. The molecule has 0 radical (unpaired) electrons. The summed E-state index contributed by atoms with van der Waals surface area (Å²) >= 11 is 0. The van der Waals surface area contributed by atoms with Crippen molar-refractivity contribution in [1.29, 1.82) is 5.26 Å². The van der Waals surface area contributed by atoms with E-state index in [-0.39, 0.29) is 25.2 Å². The van der Waals surface area contributed by atoms with Gasteiger partial charge in [0.1, 0.15) is 0 Å². The van der Waals surface area contributed by atoms with Gasteiger partial charge in [-0.15, -0.1) is 0 Å². The van der Waals surface area contributed by atoms with Crippen LogP contribution in [0.5, 0.6) is 0 Å². The molecule has 0 saturated heterocycles. The number of nitrogens with zero attached hydrogens (tertiary/aromatic N) is 2. The Hall–Kier alpha value is -1.08. The van der Waals surface area contributed by atoms with Gasteiger partial charge in [-0.05, 0) is 26.8 Å². The third-order valence-corrected chi connectivity index (χ3v) is 1.55. The molecule has 0 aromatic heterocycles. The lowest BCUT2D eigenvalue weighted by molar-refractivity contribution is -0.148. The molecular formula is C10H18N2O2. The van der Waals surface area contributed by atoms with Crippen molar-refractivity contribution in [1.82, 2.24) is 4.90 Å². The number of carbonyl (C=O) groups excluding carboxylic acids is 1. The second-order valence-electron chi connectivity index (χ2n) is 3.41. The van der Waals surface area contributed by atoms with Crippen LogP contribution in [0.4, 0.5) is 0 Å². The standard InChI is InChI=1S/C10H18N2O2/c1-4-6-12(7-5-11)8-10(13)14-9(2)3/h9H,4,6-8H2,1-3H3. The highest BCUT2D eigenvalue weighted by molar-refractivity contribution is 5.71. The molecule has 14 heavy (non-hydrogen) atoms. The highest BCUT2D eigenvalue weighted by atomic mass is 16.5. The van der Waals surface area contributed by atoms with Gasteiger partial charge in [0.25, 0.3) is 0 Å². The molecule has 0 N–H and O–H groups in total. The van der Waals surface area contributed by atoms with Crippen LogP contribution in [0.1, 0.15) is 27.2 Å². The first-order valence-corrected chi connectivity index (χ1v) is 4.89. The summed E-state index contributed by atoms with van der Waals surface area (Å²) < 4.78 is 4.98. The Kier molecular flexibility index (Phi) is 6.77. The second kappa shape index (κ2) is 7.34. The van der Waals surface area contributed by atoms with Gasteiger partial charge in [0, 0.05) is 0 Å². The zero-order valence-corrected chi connectivity index (χ0v) is 9.12. The number of hydrogen-bond acceptors (Lipinski definition) is 4. The van der Waals surface area contributed by atoms with Crippen LogP contribution in [0.2, 0.25) is 0 Å². The molecule has 0 aliphatic rings. The van der Waals surface area contributed by atoms with Crippen molar-refractivity contribution in [2.75, 3.05) is 19.6 Å². The highest BCUT2D eigenvalue weighted by Crippen LogP contribution is 1.95. The molecule has 80 valence electrons. The van der Waals surface area contributed by atoms with E-state index in [1.54, 1.807) is 4.90 Å². The number of nitriles is 1. The molecule has 0 heterocycles. The van der Waals surface area contributed by atoms with E-state index in [0.29, 0.717) is 0 Å². The minimum atomic E-state index is -0.260. The Morgan fingerprint density at radius 3 is 2.64 bits per heavy atom. The molecule has 4 nitrogen and oxygen atoms in total. The van der Waals surface area contributed by atoms with Gasteiger partial charge in [0.2, 0.25) is 0 Å². The molecule has 0 atom stereocenters. The molecule has 4 heteroatoms. The van der Waals surface area contributed by atoms with Gasteiger partial charge in [-0.3, -0.25) is 9.69 Å². The molecule has 0 fully saturated rings. The lowest BCUT2D eigenvalue weighted by atomic mass is 10.4. The highest BCUT2D eigenvalue weighted by Gasteiger charge is 2.11. The van der Waals surface area contributed by atoms with Crippen LogP contribution in [-0.4, -0.2) is 36.6 Å². The van der Waals surface area contributed by atoms with Crippen LogP contribution in [0, 0.1) is 11.3 Å². The Labute approximate surface area is 85.5 Å². The van der Waals surface area contributed by atoms with Crippen LogP contribution in [0.3, 0.4) is 0 Å². The number of esters is 1. The van der Waals surface area contributed by atoms with Gasteiger partial charge in [-0.2, -0.15) is 5.26 Å². The van der Waals surface area contributed by atoms with Crippen molar-refractivity contribution in [2.45, 2.75) is 33.3 Å². The molecule has 0 aromatic carbocycles. The fourth-order valence-corrected chi connectivity index (χ4v) is 1.11. The average Bonchev–Trinajstić information content (AvgIpc) is 2.03. The zero-order valence-electron chi connectivity index (χ0n) is 9.12. The monoisotopic (exact) mass is 198 g/mol. The van der Waals surface area contributed by atoms with E-state index in [9.17, 15) is 4.79 Å². The molecule has 0 aliphatic heterocycles. The fraction of sp³-hybridized carbons (Fsp3) is 0.800. The molecule has 0 bridgehead atoms.